The van der Waals surface area contributed by atoms with Crippen molar-refractivity contribution in [2.75, 3.05) is 26.7 Å². The second kappa shape index (κ2) is 7.74. The molecular weight excluding hydrogens is 226 g/mol. The van der Waals surface area contributed by atoms with Crippen LogP contribution in [0.5, 0.6) is 0 Å². The van der Waals surface area contributed by atoms with Gasteiger partial charge in [-0.15, -0.1) is 0 Å². The molecule has 0 aromatic heterocycles. The lowest BCUT2D eigenvalue weighted by Crippen LogP contribution is -2.53. The van der Waals surface area contributed by atoms with Crippen molar-refractivity contribution >= 4 is 5.91 Å². The number of nitrogens with two attached hydrogens (primary N) is 1. The molecule has 1 unspecified atom stereocenters. The highest BCUT2D eigenvalue weighted by atomic mass is 16.1. The topological polar surface area (TPSA) is 58.4 Å². The molecule has 0 aromatic carbocycles. The fourth-order valence-corrected chi connectivity index (χ4v) is 2.04. The van der Waals surface area contributed by atoms with Crippen LogP contribution in [-0.2, 0) is 4.79 Å². The van der Waals surface area contributed by atoms with Crippen LogP contribution in [-0.4, -0.2) is 43.0 Å². The predicted molar refractivity (Wildman–Crippen MR) is 77.4 cm³/mol. The van der Waals surface area contributed by atoms with Crippen molar-refractivity contribution in [2.45, 2.75) is 46.6 Å². The van der Waals surface area contributed by atoms with Gasteiger partial charge in [0, 0.05) is 19.6 Å². The van der Waals surface area contributed by atoms with Gasteiger partial charge in [0.05, 0.1) is 5.54 Å². The number of hydrogen-bond acceptors (Lipinski definition) is 3. The first-order chi connectivity index (χ1) is 8.21. The third kappa shape index (κ3) is 6.36. The lowest BCUT2D eigenvalue weighted by Gasteiger charge is -2.31. The van der Waals surface area contributed by atoms with Gasteiger partial charge in [0.1, 0.15) is 0 Å². The summed E-state index contributed by atoms with van der Waals surface area (Å²) in [6.07, 6.45) is 0.748. The highest BCUT2D eigenvalue weighted by Gasteiger charge is 2.29. The minimum atomic E-state index is -0.605. The molecular formula is C14H31N3O. The number of carbonyl (C=O) groups excluding carboxylic acids is 1. The molecule has 1 atom stereocenters. The first kappa shape index (κ1) is 17.4. The molecule has 0 saturated carbocycles. The Labute approximate surface area is 112 Å². The van der Waals surface area contributed by atoms with E-state index in [2.05, 4.69) is 37.9 Å². The van der Waals surface area contributed by atoms with E-state index in [9.17, 15) is 4.79 Å². The van der Waals surface area contributed by atoms with Crippen LogP contribution in [0.25, 0.3) is 0 Å². The summed E-state index contributed by atoms with van der Waals surface area (Å²) in [7, 11) is 1.79. The molecule has 1 amide bonds. The molecule has 0 saturated heterocycles. The third-order valence-corrected chi connectivity index (χ3v) is 3.27. The minimum absolute atomic E-state index is 0.279. The van der Waals surface area contributed by atoms with E-state index in [0.717, 1.165) is 26.1 Å². The molecule has 0 aliphatic rings. The van der Waals surface area contributed by atoms with Crippen LogP contribution in [0.15, 0.2) is 0 Å². The monoisotopic (exact) mass is 257 g/mol. The summed E-state index contributed by atoms with van der Waals surface area (Å²) in [5.41, 5.74) is 4.85. The van der Waals surface area contributed by atoms with Crippen molar-refractivity contribution < 1.29 is 4.79 Å². The zero-order chi connectivity index (χ0) is 14.3. The highest BCUT2D eigenvalue weighted by Crippen LogP contribution is 2.12. The lowest BCUT2D eigenvalue weighted by molar-refractivity contribution is -0.124. The molecule has 108 valence electrons. The molecule has 0 aliphatic carbocycles. The molecule has 0 aromatic rings. The Morgan fingerprint density at radius 1 is 1.22 bits per heavy atom. The van der Waals surface area contributed by atoms with Gasteiger partial charge in [-0.25, -0.2) is 0 Å². The molecule has 0 heterocycles. The van der Waals surface area contributed by atoms with Crippen molar-refractivity contribution in [3.8, 4) is 0 Å². The van der Waals surface area contributed by atoms with E-state index in [1.807, 2.05) is 6.92 Å². The fourth-order valence-electron chi connectivity index (χ4n) is 2.04. The summed E-state index contributed by atoms with van der Waals surface area (Å²) in [4.78, 5) is 13.9. The van der Waals surface area contributed by atoms with Crippen LogP contribution in [0, 0.1) is 11.8 Å². The van der Waals surface area contributed by atoms with Crippen molar-refractivity contribution in [2.24, 2.45) is 17.6 Å². The Morgan fingerprint density at radius 2 is 1.67 bits per heavy atom. The van der Waals surface area contributed by atoms with Gasteiger partial charge in [-0.1, -0.05) is 27.7 Å². The summed E-state index contributed by atoms with van der Waals surface area (Å²) in [5.74, 6) is 0.996. The average molecular weight is 257 g/mol. The standard InChI is InChI=1S/C14H31N3O/c1-11(2)9-17(10-12(3)4)8-7-14(5,16-6)13(15)18/h11-12,16H,7-10H2,1-6H3,(H2,15,18). The minimum Gasteiger partial charge on any atom is -0.368 e. The summed E-state index contributed by atoms with van der Waals surface area (Å²) < 4.78 is 0. The number of amides is 1. The van der Waals surface area contributed by atoms with Crippen molar-refractivity contribution in [3.05, 3.63) is 0 Å². The zero-order valence-electron chi connectivity index (χ0n) is 12.9. The molecule has 0 bridgehead atoms. The number of rotatable bonds is 9. The summed E-state index contributed by atoms with van der Waals surface area (Å²) >= 11 is 0. The SMILES string of the molecule is CNC(C)(CCN(CC(C)C)CC(C)C)C(N)=O. The second-order valence-corrected chi connectivity index (χ2v) is 6.24. The largest absolute Gasteiger partial charge is 0.368 e. The van der Waals surface area contributed by atoms with Gasteiger partial charge in [-0.2, -0.15) is 0 Å². The van der Waals surface area contributed by atoms with E-state index in [1.165, 1.54) is 0 Å². The number of hydrogen-bond donors (Lipinski definition) is 2. The molecule has 0 fully saturated rings. The summed E-state index contributed by atoms with van der Waals surface area (Å²) in [5, 5.41) is 3.04. The van der Waals surface area contributed by atoms with E-state index < -0.39 is 5.54 Å². The van der Waals surface area contributed by atoms with Crippen molar-refractivity contribution in [3.63, 3.8) is 0 Å². The van der Waals surface area contributed by atoms with Gasteiger partial charge >= 0.3 is 0 Å². The number of primary amides is 1. The third-order valence-electron chi connectivity index (χ3n) is 3.27. The van der Waals surface area contributed by atoms with E-state index in [4.69, 9.17) is 5.73 Å². The average Bonchev–Trinajstić information content (AvgIpc) is 2.23. The predicted octanol–water partition coefficient (Wildman–Crippen LogP) is 1.45. The maximum Gasteiger partial charge on any atom is 0.237 e. The van der Waals surface area contributed by atoms with Crippen molar-refractivity contribution in [1.29, 1.82) is 0 Å². The molecule has 18 heavy (non-hydrogen) atoms. The van der Waals surface area contributed by atoms with E-state index in [0.29, 0.717) is 11.8 Å². The molecule has 0 radical (unpaired) electrons. The van der Waals surface area contributed by atoms with Crippen LogP contribution >= 0.6 is 0 Å². The van der Waals surface area contributed by atoms with Gasteiger partial charge in [0.25, 0.3) is 0 Å². The van der Waals surface area contributed by atoms with Crippen LogP contribution in [0.4, 0.5) is 0 Å². The van der Waals surface area contributed by atoms with E-state index >= 15 is 0 Å². The number of nitrogens with zero attached hydrogens (tertiary/aromatic N) is 1. The maximum atomic E-state index is 11.5. The highest BCUT2D eigenvalue weighted by molar-refractivity contribution is 5.84. The molecule has 0 rings (SSSR count). The van der Waals surface area contributed by atoms with Crippen LogP contribution in [0.2, 0.25) is 0 Å². The maximum absolute atomic E-state index is 11.5. The summed E-state index contributed by atoms with van der Waals surface area (Å²) in [6, 6.07) is 0. The molecule has 0 spiro atoms. The van der Waals surface area contributed by atoms with Gasteiger partial charge in [0.2, 0.25) is 5.91 Å². The Bertz CT molecular complexity index is 243. The molecule has 4 heteroatoms. The van der Waals surface area contributed by atoms with Gasteiger partial charge in [-0.05, 0) is 32.2 Å². The normalized spacial score (nSPS) is 15.4. The Balaban J connectivity index is 4.44. The quantitative estimate of drug-likeness (QED) is 0.657. The van der Waals surface area contributed by atoms with Gasteiger partial charge in [-0.3, -0.25) is 4.79 Å². The number of carbonyl (C=O) groups is 1. The second-order valence-electron chi connectivity index (χ2n) is 6.24. The van der Waals surface area contributed by atoms with Crippen LogP contribution in [0.3, 0.4) is 0 Å². The Hall–Kier alpha value is -0.610. The van der Waals surface area contributed by atoms with Gasteiger partial charge in [0.15, 0.2) is 0 Å². The number of likely N-dealkylation sites (N-methyl/N-ethyl adjacent to an activating group) is 1. The van der Waals surface area contributed by atoms with E-state index in [1.54, 1.807) is 7.05 Å². The summed E-state index contributed by atoms with van der Waals surface area (Å²) in [6.45, 7) is 13.8. The van der Waals surface area contributed by atoms with Crippen molar-refractivity contribution in [1.82, 2.24) is 10.2 Å². The molecule has 3 N–H and O–H groups in total. The zero-order valence-corrected chi connectivity index (χ0v) is 12.9. The first-order valence-corrected chi connectivity index (χ1v) is 6.92. The Morgan fingerprint density at radius 3 is 1.94 bits per heavy atom. The van der Waals surface area contributed by atoms with Crippen LogP contribution < -0.4 is 11.1 Å². The Kier molecular flexibility index (Phi) is 7.48. The van der Waals surface area contributed by atoms with E-state index in [-0.39, 0.29) is 5.91 Å². The smallest absolute Gasteiger partial charge is 0.237 e. The van der Waals surface area contributed by atoms with Gasteiger partial charge < -0.3 is 16.0 Å². The van der Waals surface area contributed by atoms with Crippen LogP contribution in [0.1, 0.15) is 41.0 Å². The first-order valence-electron chi connectivity index (χ1n) is 6.92. The fraction of sp³-hybridized carbons (Fsp3) is 0.929. The molecule has 4 nitrogen and oxygen atoms in total. The number of nitrogens with one attached hydrogen (secondary N) is 1. The molecule has 0 aliphatic heterocycles. The lowest BCUT2D eigenvalue weighted by atomic mass is 9.96.